The lowest BCUT2D eigenvalue weighted by Crippen LogP contribution is -2.31. The molecule has 1 amide bonds. The second-order valence-corrected chi connectivity index (χ2v) is 8.30. The average Bonchev–Trinajstić information content (AvgIpc) is 3.08. The Labute approximate surface area is 166 Å². The Hall–Kier alpha value is -2.38. The third-order valence-electron chi connectivity index (χ3n) is 3.98. The van der Waals surface area contributed by atoms with Gasteiger partial charge in [-0.15, -0.1) is 11.3 Å². The molecule has 2 aromatic carbocycles. The number of amides is 1. The highest BCUT2D eigenvalue weighted by Crippen LogP contribution is 2.29. The van der Waals surface area contributed by atoms with Crippen molar-refractivity contribution in [2.75, 3.05) is 12.4 Å². The Kier molecular flexibility index (Phi) is 6.47. The number of carbonyl (C=O) groups is 2. The molecule has 0 saturated carbocycles. The number of aryl methyl sites for hydroxylation is 1. The first-order valence-electron chi connectivity index (χ1n) is 8.52. The lowest BCUT2D eigenvalue weighted by molar-refractivity contribution is -0.146. The van der Waals surface area contributed by atoms with Gasteiger partial charge in [-0.2, -0.15) is 0 Å². The van der Waals surface area contributed by atoms with E-state index in [4.69, 9.17) is 4.74 Å². The molecule has 0 fully saturated rings. The molecule has 1 unspecified atom stereocenters. The lowest BCUT2D eigenvalue weighted by Gasteiger charge is -2.16. The van der Waals surface area contributed by atoms with Crippen LogP contribution in [-0.2, 0) is 14.3 Å². The van der Waals surface area contributed by atoms with Gasteiger partial charge in [0, 0.05) is 0 Å². The van der Waals surface area contributed by atoms with Crippen LogP contribution in [0.3, 0.4) is 0 Å². The second-order valence-electron chi connectivity index (χ2n) is 6.04. The summed E-state index contributed by atoms with van der Waals surface area (Å²) in [6.45, 7) is 3.62. The summed E-state index contributed by atoms with van der Waals surface area (Å²) in [5, 5.41) is 2.85. The number of rotatable bonds is 7. The first-order chi connectivity index (χ1) is 13.0. The van der Waals surface area contributed by atoms with Crippen LogP contribution in [0.1, 0.15) is 24.1 Å². The van der Waals surface area contributed by atoms with Crippen molar-refractivity contribution in [3.63, 3.8) is 0 Å². The zero-order chi connectivity index (χ0) is 19.2. The largest absolute Gasteiger partial charge is 0.455 e. The summed E-state index contributed by atoms with van der Waals surface area (Å²) in [6.07, 6.45) is 0. The zero-order valence-corrected chi connectivity index (χ0v) is 16.7. The maximum Gasteiger partial charge on any atom is 0.316 e. The number of hydrogen-bond acceptors (Lipinski definition) is 6. The Morgan fingerprint density at radius 1 is 1.19 bits per heavy atom. The summed E-state index contributed by atoms with van der Waals surface area (Å²) < 4.78 is 6.96. The van der Waals surface area contributed by atoms with E-state index in [0.29, 0.717) is 0 Å². The molecule has 0 saturated heterocycles. The highest BCUT2D eigenvalue weighted by atomic mass is 32.2. The van der Waals surface area contributed by atoms with E-state index in [9.17, 15) is 9.59 Å². The van der Waals surface area contributed by atoms with Crippen molar-refractivity contribution < 1.29 is 14.3 Å². The van der Waals surface area contributed by atoms with Gasteiger partial charge in [0.25, 0.3) is 5.91 Å². The van der Waals surface area contributed by atoms with Gasteiger partial charge in [-0.3, -0.25) is 9.59 Å². The fraction of sp³-hybridized carbons (Fsp3) is 0.250. The average molecular weight is 401 g/mol. The van der Waals surface area contributed by atoms with Crippen LogP contribution in [0, 0.1) is 6.92 Å². The minimum absolute atomic E-state index is 0.125. The van der Waals surface area contributed by atoms with Gasteiger partial charge in [-0.25, -0.2) is 4.98 Å². The third kappa shape index (κ3) is 5.30. The Balaban J connectivity index is 1.43. The van der Waals surface area contributed by atoms with E-state index < -0.39 is 5.97 Å². The summed E-state index contributed by atoms with van der Waals surface area (Å²) in [4.78, 5) is 28.4. The maximum absolute atomic E-state index is 12.0. The normalized spacial score (nSPS) is 11.9. The minimum atomic E-state index is -0.432. The standard InChI is InChI=1S/C20H20N2O3S2/c1-13-7-3-4-8-15(13)14(2)21-18(23)11-25-19(24)12-26-20-22-16-9-5-6-10-17(16)27-20/h3-10,14H,11-12H2,1-2H3,(H,21,23). The molecule has 0 aliphatic rings. The molecule has 3 rings (SSSR count). The number of nitrogens with zero attached hydrogens (tertiary/aromatic N) is 1. The van der Waals surface area contributed by atoms with Gasteiger partial charge in [0.2, 0.25) is 0 Å². The highest BCUT2D eigenvalue weighted by molar-refractivity contribution is 8.01. The number of nitrogens with one attached hydrogen (secondary N) is 1. The minimum Gasteiger partial charge on any atom is -0.455 e. The number of carbonyl (C=O) groups excluding carboxylic acids is 2. The number of thioether (sulfide) groups is 1. The Morgan fingerprint density at radius 2 is 1.93 bits per heavy atom. The molecule has 7 heteroatoms. The quantitative estimate of drug-likeness (QED) is 0.477. The molecular formula is C20H20N2O3S2. The topological polar surface area (TPSA) is 68.3 Å². The van der Waals surface area contributed by atoms with Crippen LogP contribution in [0.2, 0.25) is 0 Å². The van der Waals surface area contributed by atoms with Crippen LogP contribution >= 0.6 is 23.1 Å². The first-order valence-corrected chi connectivity index (χ1v) is 10.3. The highest BCUT2D eigenvalue weighted by Gasteiger charge is 2.14. The second kappa shape index (κ2) is 9.01. The molecule has 0 radical (unpaired) electrons. The van der Waals surface area contributed by atoms with Crippen LogP contribution in [0.5, 0.6) is 0 Å². The number of hydrogen-bond donors (Lipinski definition) is 1. The van der Waals surface area contributed by atoms with Crippen molar-refractivity contribution in [1.29, 1.82) is 0 Å². The number of thiazole rings is 1. The van der Waals surface area contributed by atoms with Crippen LogP contribution in [0.25, 0.3) is 10.2 Å². The molecule has 1 N–H and O–H groups in total. The van der Waals surface area contributed by atoms with Crippen molar-refractivity contribution >= 4 is 45.2 Å². The molecule has 3 aromatic rings. The molecule has 0 bridgehead atoms. The van der Waals surface area contributed by atoms with E-state index in [2.05, 4.69) is 10.3 Å². The third-order valence-corrected chi connectivity index (χ3v) is 6.14. The molecule has 0 spiro atoms. The first kappa shape index (κ1) is 19.4. The summed E-state index contributed by atoms with van der Waals surface area (Å²) in [5.41, 5.74) is 3.07. The van der Waals surface area contributed by atoms with E-state index in [0.717, 1.165) is 25.7 Å². The molecule has 0 aliphatic heterocycles. The summed E-state index contributed by atoms with van der Waals surface area (Å²) in [5.74, 6) is -0.623. The molecule has 27 heavy (non-hydrogen) atoms. The summed E-state index contributed by atoms with van der Waals surface area (Å²) >= 11 is 2.86. The smallest absolute Gasteiger partial charge is 0.316 e. The molecule has 140 valence electrons. The number of para-hydroxylation sites is 1. The molecule has 1 atom stereocenters. The monoisotopic (exact) mass is 400 g/mol. The zero-order valence-electron chi connectivity index (χ0n) is 15.1. The number of ether oxygens (including phenoxy) is 1. The van der Waals surface area contributed by atoms with E-state index in [1.807, 2.05) is 62.4 Å². The van der Waals surface area contributed by atoms with Gasteiger partial charge in [-0.05, 0) is 37.1 Å². The van der Waals surface area contributed by atoms with Crippen molar-refractivity contribution in [1.82, 2.24) is 10.3 Å². The van der Waals surface area contributed by atoms with Gasteiger partial charge >= 0.3 is 5.97 Å². The lowest BCUT2D eigenvalue weighted by atomic mass is 10.0. The Morgan fingerprint density at radius 3 is 2.70 bits per heavy atom. The predicted octanol–water partition coefficient (Wildman–Crippen LogP) is 4.12. The Bertz CT molecular complexity index is 922. The molecule has 0 aliphatic carbocycles. The van der Waals surface area contributed by atoms with Crippen molar-refractivity contribution in [2.45, 2.75) is 24.2 Å². The van der Waals surface area contributed by atoms with Crippen molar-refractivity contribution in [3.8, 4) is 0 Å². The van der Waals surface area contributed by atoms with Crippen LogP contribution in [0.15, 0.2) is 52.9 Å². The number of benzene rings is 2. The molecule has 5 nitrogen and oxygen atoms in total. The number of fused-ring (bicyclic) bond motifs is 1. The van der Waals surface area contributed by atoms with Crippen LogP contribution in [-0.4, -0.2) is 29.2 Å². The fourth-order valence-electron chi connectivity index (χ4n) is 2.65. The van der Waals surface area contributed by atoms with Gasteiger partial charge in [-0.1, -0.05) is 48.2 Å². The van der Waals surface area contributed by atoms with Gasteiger partial charge in [0.05, 0.1) is 22.0 Å². The van der Waals surface area contributed by atoms with Crippen LogP contribution in [0.4, 0.5) is 0 Å². The van der Waals surface area contributed by atoms with E-state index in [1.165, 1.54) is 23.1 Å². The van der Waals surface area contributed by atoms with Gasteiger partial charge in [0.1, 0.15) is 0 Å². The van der Waals surface area contributed by atoms with Crippen LogP contribution < -0.4 is 5.32 Å². The van der Waals surface area contributed by atoms with Crippen molar-refractivity contribution in [3.05, 3.63) is 59.7 Å². The molecule has 1 aromatic heterocycles. The van der Waals surface area contributed by atoms with Gasteiger partial charge in [0.15, 0.2) is 10.9 Å². The predicted molar refractivity (Wildman–Crippen MR) is 109 cm³/mol. The summed E-state index contributed by atoms with van der Waals surface area (Å²) in [6, 6.07) is 15.5. The molecule has 1 heterocycles. The number of esters is 1. The maximum atomic E-state index is 12.0. The van der Waals surface area contributed by atoms with E-state index >= 15 is 0 Å². The molecular weight excluding hydrogens is 380 g/mol. The fourth-order valence-corrected chi connectivity index (χ4v) is 4.52. The number of aromatic nitrogens is 1. The van der Waals surface area contributed by atoms with Crippen molar-refractivity contribution in [2.24, 2.45) is 0 Å². The van der Waals surface area contributed by atoms with E-state index in [1.54, 1.807) is 0 Å². The van der Waals surface area contributed by atoms with E-state index in [-0.39, 0.29) is 24.3 Å². The summed E-state index contributed by atoms with van der Waals surface area (Å²) in [7, 11) is 0. The SMILES string of the molecule is Cc1ccccc1C(C)NC(=O)COC(=O)CSc1nc2ccccc2s1. The van der Waals surface area contributed by atoms with Gasteiger partial charge < -0.3 is 10.1 Å².